The van der Waals surface area contributed by atoms with Crippen LogP contribution in [0.15, 0.2) is 24.3 Å². The number of nitrogens with one attached hydrogen (secondary N) is 1. The molecule has 15 heavy (non-hydrogen) atoms. The van der Waals surface area contributed by atoms with Crippen LogP contribution in [-0.4, -0.2) is 24.8 Å². The zero-order chi connectivity index (χ0) is 10.7. The minimum absolute atomic E-state index is 0.0762. The molecule has 1 heterocycles. The Morgan fingerprint density at radius 2 is 2.07 bits per heavy atom. The normalized spacial score (nSPS) is 25.7. The number of aliphatic hydroxyl groups is 1. The molecule has 0 spiro atoms. The number of benzene rings is 1. The topological polar surface area (TPSA) is 32.3 Å². The summed E-state index contributed by atoms with van der Waals surface area (Å²) in [6, 6.07) is 8.59. The van der Waals surface area contributed by atoms with Gasteiger partial charge in [0.1, 0.15) is 0 Å². The van der Waals surface area contributed by atoms with E-state index < -0.39 is 0 Å². The molecular formula is C12H16INO. The van der Waals surface area contributed by atoms with Crippen molar-refractivity contribution in [3.8, 4) is 0 Å². The highest BCUT2D eigenvalue weighted by Gasteiger charge is 2.33. The van der Waals surface area contributed by atoms with Gasteiger partial charge in [-0.1, -0.05) is 12.1 Å². The second kappa shape index (κ2) is 4.80. The summed E-state index contributed by atoms with van der Waals surface area (Å²) in [6.07, 6.45) is 2.06. The first-order chi connectivity index (χ1) is 7.24. The van der Waals surface area contributed by atoms with Crippen molar-refractivity contribution in [3.05, 3.63) is 33.4 Å². The lowest BCUT2D eigenvalue weighted by atomic mass is 9.82. The van der Waals surface area contributed by atoms with Crippen molar-refractivity contribution in [2.24, 2.45) is 5.41 Å². The molecule has 0 bridgehead atoms. The van der Waals surface area contributed by atoms with Gasteiger partial charge in [0, 0.05) is 15.5 Å². The van der Waals surface area contributed by atoms with E-state index in [4.69, 9.17) is 0 Å². The van der Waals surface area contributed by atoms with Crippen molar-refractivity contribution in [3.63, 3.8) is 0 Å². The molecule has 2 nitrogen and oxygen atoms in total. The van der Waals surface area contributed by atoms with E-state index in [1.807, 2.05) is 0 Å². The molecule has 0 saturated carbocycles. The lowest BCUT2D eigenvalue weighted by Gasteiger charge is -2.25. The van der Waals surface area contributed by atoms with Crippen molar-refractivity contribution in [2.75, 3.05) is 19.7 Å². The summed E-state index contributed by atoms with van der Waals surface area (Å²) in [5, 5.41) is 12.8. The highest BCUT2D eigenvalue weighted by molar-refractivity contribution is 14.1. The van der Waals surface area contributed by atoms with E-state index in [0.29, 0.717) is 0 Å². The van der Waals surface area contributed by atoms with Crippen LogP contribution in [0.2, 0.25) is 0 Å². The predicted molar refractivity (Wildman–Crippen MR) is 69.9 cm³/mol. The molecule has 0 amide bonds. The standard InChI is InChI=1S/C12H16INO/c13-11-3-1-10(2-4-11)7-12(9-15)5-6-14-8-12/h1-4,14-15H,5-9H2. The lowest BCUT2D eigenvalue weighted by Crippen LogP contribution is -2.30. The first kappa shape index (κ1) is 11.4. The number of halogens is 1. The van der Waals surface area contributed by atoms with E-state index >= 15 is 0 Å². The second-order valence-corrected chi connectivity index (χ2v) is 5.63. The van der Waals surface area contributed by atoms with E-state index in [-0.39, 0.29) is 12.0 Å². The molecule has 82 valence electrons. The average molecular weight is 317 g/mol. The summed E-state index contributed by atoms with van der Waals surface area (Å²) < 4.78 is 1.26. The Morgan fingerprint density at radius 1 is 1.33 bits per heavy atom. The van der Waals surface area contributed by atoms with Gasteiger partial charge in [0.2, 0.25) is 0 Å². The van der Waals surface area contributed by atoms with E-state index in [2.05, 4.69) is 52.2 Å². The molecule has 1 aliphatic rings. The summed E-state index contributed by atoms with van der Waals surface area (Å²) in [7, 11) is 0. The van der Waals surface area contributed by atoms with E-state index in [1.54, 1.807) is 0 Å². The molecule has 0 aromatic heterocycles. The molecule has 1 aliphatic heterocycles. The fraction of sp³-hybridized carbons (Fsp3) is 0.500. The van der Waals surface area contributed by atoms with Gasteiger partial charge in [-0.05, 0) is 59.7 Å². The van der Waals surface area contributed by atoms with E-state index in [9.17, 15) is 5.11 Å². The van der Waals surface area contributed by atoms with Crippen LogP contribution in [0.1, 0.15) is 12.0 Å². The van der Waals surface area contributed by atoms with Crippen molar-refractivity contribution in [2.45, 2.75) is 12.8 Å². The van der Waals surface area contributed by atoms with Gasteiger partial charge in [-0.25, -0.2) is 0 Å². The van der Waals surface area contributed by atoms with Gasteiger partial charge >= 0.3 is 0 Å². The molecule has 2 rings (SSSR count). The van der Waals surface area contributed by atoms with Crippen LogP contribution in [0, 0.1) is 8.99 Å². The Hall–Kier alpha value is -0.130. The van der Waals surface area contributed by atoms with Gasteiger partial charge in [-0.2, -0.15) is 0 Å². The first-order valence-electron chi connectivity index (χ1n) is 5.30. The molecule has 1 fully saturated rings. The number of aliphatic hydroxyl groups excluding tert-OH is 1. The van der Waals surface area contributed by atoms with Crippen LogP contribution in [-0.2, 0) is 6.42 Å². The third-order valence-electron chi connectivity index (χ3n) is 3.16. The summed E-state index contributed by atoms with van der Waals surface area (Å²) in [6.45, 7) is 2.26. The third kappa shape index (κ3) is 2.71. The monoisotopic (exact) mass is 317 g/mol. The minimum Gasteiger partial charge on any atom is -0.396 e. The van der Waals surface area contributed by atoms with Crippen LogP contribution in [0.5, 0.6) is 0 Å². The number of hydrogen-bond donors (Lipinski definition) is 2. The van der Waals surface area contributed by atoms with Crippen molar-refractivity contribution >= 4 is 22.6 Å². The molecule has 3 heteroatoms. The SMILES string of the molecule is OCC1(Cc2ccc(I)cc2)CCNC1. The van der Waals surface area contributed by atoms with Crippen molar-refractivity contribution in [1.82, 2.24) is 5.32 Å². The Morgan fingerprint density at radius 3 is 2.60 bits per heavy atom. The largest absolute Gasteiger partial charge is 0.396 e. The van der Waals surface area contributed by atoms with Gasteiger partial charge in [0.25, 0.3) is 0 Å². The lowest BCUT2D eigenvalue weighted by molar-refractivity contribution is 0.143. The molecule has 1 aromatic rings. The molecule has 0 radical (unpaired) electrons. The second-order valence-electron chi connectivity index (χ2n) is 4.39. The maximum Gasteiger partial charge on any atom is 0.0503 e. The minimum atomic E-state index is 0.0762. The summed E-state index contributed by atoms with van der Waals surface area (Å²) in [5.41, 5.74) is 1.40. The highest BCUT2D eigenvalue weighted by Crippen LogP contribution is 2.29. The fourth-order valence-corrected chi connectivity index (χ4v) is 2.53. The quantitative estimate of drug-likeness (QED) is 0.834. The maximum absolute atomic E-state index is 9.49. The third-order valence-corrected chi connectivity index (χ3v) is 3.88. The van der Waals surface area contributed by atoms with Crippen molar-refractivity contribution in [1.29, 1.82) is 0 Å². The highest BCUT2D eigenvalue weighted by atomic mass is 127. The van der Waals surface area contributed by atoms with Crippen LogP contribution in [0.25, 0.3) is 0 Å². The molecule has 0 aliphatic carbocycles. The number of hydrogen-bond acceptors (Lipinski definition) is 2. The molecule has 1 aromatic carbocycles. The predicted octanol–water partition coefficient (Wildman–Crippen LogP) is 1.81. The van der Waals surface area contributed by atoms with Crippen LogP contribution < -0.4 is 5.32 Å². The first-order valence-corrected chi connectivity index (χ1v) is 6.38. The Kier molecular flexibility index (Phi) is 3.64. The Balaban J connectivity index is 2.09. The van der Waals surface area contributed by atoms with E-state index in [1.165, 1.54) is 9.13 Å². The summed E-state index contributed by atoms with van der Waals surface area (Å²) in [4.78, 5) is 0. The number of rotatable bonds is 3. The smallest absolute Gasteiger partial charge is 0.0503 e. The van der Waals surface area contributed by atoms with Gasteiger partial charge in [-0.3, -0.25) is 0 Å². The summed E-state index contributed by atoms with van der Waals surface area (Å²) in [5.74, 6) is 0. The molecule has 2 N–H and O–H groups in total. The van der Waals surface area contributed by atoms with Crippen molar-refractivity contribution < 1.29 is 5.11 Å². The average Bonchev–Trinajstić information content (AvgIpc) is 2.71. The van der Waals surface area contributed by atoms with Gasteiger partial charge < -0.3 is 10.4 Å². The Bertz CT molecular complexity index is 317. The fourth-order valence-electron chi connectivity index (χ4n) is 2.17. The Labute approximate surface area is 104 Å². The zero-order valence-electron chi connectivity index (χ0n) is 8.67. The molecule has 1 saturated heterocycles. The molecule has 1 unspecified atom stereocenters. The van der Waals surface area contributed by atoms with Gasteiger partial charge in [-0.15, -0.1) is 0 Å². The molecule has 1 atom stereocenters. The van der Waals surface area contributed by atoms with Crippen LogP contribution in [0.3, 0.4) is 0 Å². The van der Waals surface area contributed by atoms with E-state index in [0.717, 1.165) is 25.9 Å². The summed E-state index contributed by atoms with van der Waals surface area (Å²) >= 11 is 2.31. The van der Waals surface area contributed by atoms with Crippen LogP contribution in [0.4, 0.5) is 0 Å². The molecular weight excluding hydrogens is 301 g/mol. The van der Waals surface area contributed by atoms with Crippen LogP contribution >= 0.6 is 22.6 Å². The maximum atomic E-state index is 9.49. The van der Waals surface area contributed by atoms with Gasteiger partial charge in [0.05, 0.1) is 6.61 Å². The zero-order valence-corrected chi connectivity index (χ0v) is 10.8. The van der Waals surface area contributed by atoms with Gasteiger partial charge in [0.15, 0.2) is 0 Å².